The summed E-state index contributed by atoms with van der Waals surface area (Å²) in [5.41, 5.74) is 0.932. The fourth-order valence-electron chi connectivity index (χ4n) is 1.61. The molecule has 0 aliphatic heterocycles. The zero-order chi connectivity index (χ0) is 14.0. The summed E-state index contributed by atoms with van der Waals surface area (Å²) < 4.78 is 7.35. The van der Waals surface area contributed by atoms with Crippen LogP contribution in [-0.2, 0) is 0 Å². The Labute approximate surface area is 132 Å². The summed E-state index contributed by atoms with van der Waals surface area (Å²) in [5, 5.41) is 12.1. The van der Waals surface area contributed by atoms with Crippen molar-refractivity contribution in [2.24, 2.45) is 0 Å². The minimum atomic E-state index is -1.06. The van der Waals surface area contributed by atoms with Crippen molar-refractivity contribution in [1.29, 1.82) is 0 Å². The number of nitrogens with one attached hydrogen (secondary N) is 1. The van der Waals surface area contributed by atoms with Gasteiger partial charge in [-0.3, -0.25) is 0 Å². The number of hydrogen-bond donors (Lipinski definition) is 2. The Hall–Kier alpha value is -1.02. The van der Waals surface area contributed by atoms with Crippen LogP contribution in [0.25, 0.3) is 0 Å². The van der Waals surface area contributed by atoms with Crippen LogP contribution in [0.3, 0.4) is 0 Å². The van der Waals surface area contributed by atoms with Crippen molar-refractivity contribution in [3.8, 4) is 0 Å². The van der Waals surface area contributed by atoms with Crippen LogP contribution in [0, 0.1) is 3.57 Å². The van der Waals surface area contributed by atoms with Gasteiger partial charge in [0, 0.05) is 13.7 Å². The molecule has 2 N–H and O–H groups in total. The summed E-state index contributed by atoms with van der Waals surface area (Å²) in [5.74, 6) is -0.526. The van der Waals surface area contributed by atoms with Crippen LogP contribution in [0.15, 0.2) is 39.2 Å². The Morgan fingerprint density at radius 2 is 2.16 bits per heavy atom. The van der Waals surface area contributed by atoms with E-state index in [-0.39, 0.29) is 11.8 Å². The number of anilines is 1. The summed E-state index contributed by atoms with van der Waals surface area (Å²) in [7, 11) is 0. The van der Waals surface area contributed by atoms with Gasteiger partial charge in [0.15, 0.2) is 0 Å². The molecule has 0 saturated carbocycles. The Balaban J connectivity index is 2.15. The molecule has 0 aliphatic carbocycles. The molecular formula is C13H11BrINO3. The molecule has 0 aliphatic rings. The Bertz CT molecular complexity index is 612. The van der Waals surface area contributed by atoms with Gasteiger partial charge in [0.1, 0.15) is 5.76 Å². The average Bonchev–Trinajstić information content (AvgIpc) is 2.82. The molecule has 100 valence electrons. The molecule has 19 heavy (non-hydrogen) atoms. The molecule has 0 amide bonds. The Morgan fingerprint density at radius 1 is 1.42 bits per heavy atom. The van der Waals surface area contributed by atoms with E-state index in [0.29, 0.717) is 5.76 Å². The maximum absolute atomic E-state index is 10.8. The predicted molar refractivity (Wildman–Crippen MR) is 84.6 cm³/mol. The normalized spacial score (nSPS) is 12.2. The molecule has 0 fully saturated rings. The van der Waals surface area contributed by atoms with Crippen molar-refractivity contribution in [2.45, 2.75) is 13.0 Å². The molecule has 0 radical (unpaired) electrons. The number of hydrogen-bond acceptors (Lipinski definition) is 3. The largest absolute Gasteiger partial charge is 0.475 e. The van der Waals surface area contributed by atoms with E-state index in [1.165, 1.54) is 6.07 Å². The smallest absolute Gasteiger partial charge is 0.371 e. The van der Waals surface area contributed by atoms with Crippen LogP contribution < -0.4 is 5.32 Å². The Morgan fingerprint density at radius 3 is 2.74 bits per heavy atom. The second kappa shape index (κ2) is 5.96. The summed E-state index contributed by atoms with van der Waals surface area (Å²) in [4.78, 5) is 10.8. The number of carboxylic acids is 1. The molecule has 1 aromatic carbocycles. The highest BCUT2D eigenvalue weighted by Crippen LogP contribution is 2.28. The second-order valence-corrected chi connectivity index (χ2v) is 6.10. The molecule has 1 heterocycles. The minimum absolute atomic E-state index is 0.0506. The molecule has 1 atom stereocenters. The maximum Gasteiger partial charge on any atom is 0.371 e. The first-order chi connectivity index (χ1) is 8.97. The molecule has 2 rings (SSSR count). The molecular weight excluding hydrogens is 425 g/mol. The number of rotatable bonds is 4. The van der Waals surface area contributed by atoms with Gasteiger partial charge < -0.3 is 14.8 Å². The first-order valence-corrected chi connectivity index (χ1v) is 7.39. The van der Waals surface area contributed by atoms with Crippen molar-refractivity contribution in [3.05, 3.63) is 49.9 Å². The van der Waals surface area contributed by atoms with E-state index in [2.05, 4.69) is 43.8 Å². The lowest BCUT2D eigenvalue weighted by Gasteiger charge is -2.14. The predicted octanol–water partition coefficient (Wildman–Crippen LogP) is 4.52. The van der Waals surface area contributed by atoms with E-state index in [1.807, 2.05) is 25.1 Å². The monoisotopic (exact) mass is 435 g/mol. The van der Waals surface area contributed by atoms with E-state index < -0.39 is 5.97 Å². The van der Waals surface area contributed by atoms with Crippen molar-refractivity contribution < 1.29 is 14.3 Å². The topological polar surface area (TPSA) is 62.5 Å². The molecule has 0 bridgehead atoms. The number of benzene rings is 1. The van der Waals surface area contributed by atoms with Crippen molar-refractivity contribution in [1.82, 2.24) is 0 Å². The van der Waals surface area contributed by atoms with Crippen LogP contribution in [0.2, 0.25) is 0 Å². The maximum atomic E-state index is 10.8. The van der Waals surface area contributed by atoms with E-state index in [1.54, 1.807) is 6.07 Å². The van der Waals surface area contributed by atoms with Gasteiger partial charge in [0.2, 0.25) is 5.76 Å². The summed E-state index contributed by atoms with van der Waals surface area (Å²) in [6, 6.07) is 8.96. The summed E-state index contributed by atoms with van der Waals surface area (Å²) >= 11 is 5.72. The molecule has 0 saturated heterocycles. The second-order valence-electron chi connectivity index (χ2n) is 4.00. The number of aromatic carboxylic acids is 1. The molecule has 1 unspecified atom stereocenters. The highest BCUT2D eigenvalue weighted by molar-refractivity contribution is 14.1. The van der Waals surface area contributed by atoms with E-state index in [4.69, 9.17) is 9.52 Å². The van der Waals surface area contributed by atoms with Gasteiger partial charge in [-0.25, -0.2) is 4.79 Å². The zero-order valence-corrected chi connectivity index (χ0v) is 13.7. The van der Waals surface area contributed by atoms with Gasteiger partial charge in [0.25, 0.3) is 0 Å². The lowest BCUT2D eigenvalue weighted by atomic mass is 10.2. The van der Waals surface area contributed by atoms with E-state index in [9.17, 15) is 4.79 Å². The fraction of sp³-hybridized carbons (Fsp3) is 0.154. The van der Waals surface area contributed by atoms with Crippen LogP contribution in [-0.4, -0.2) is 11.1 Å². The molecule has 2 aromatic rings. The molecule has 6 heteroatoms. The van der Waals surface area contributed by atoms with Gasteiger partial charge >= 0.3 is 5.97 Å². The molecule has 0 spiro atoms. The number of carboxylic acid groups (broad SMARTS) is 1. The van der Waals surface area contributed by atoms with Gasteiger partial charge in [-0.15, -0.1) is 0 Å². The lowest BCUT2D eigenvalue weighted by Crippen LogP contribution is -2.06. The quantitative estimate of drug-likeness (QED) is 0.693. The van der Waals surface area contributed by atoms with Crippen LogP contribution in [0.4, 0.5) is 5.69 Å². The van der Waals surface area contributed by atoms with Crippen molar-refractivity contribution in [2.75, 3.05) is 5.32 Å². The first kappa shape index (κ1) is 14.4. The standard InChI is InChI=1S/C13H11BrINO3/c1-7(11-4-5-12(19-11)13(17)18)16-10-3-2-8(15)6-9(10)14/h2-7,16H,1H3,(H,17,18). The van der Waals surface area contributed by atoms with Gasteiger partial charge in [0.05, 0.1) is 6.04 Å². The fourth-order valence-corrected chi connectivity index (χ4v) is 3.02. The van der Waals surface area contributed by atoms with E-state index in [0.717, 1.165) is 13.7 Å². The molecule has 1 aromatic heterocycles. The third-order valence-corrected chi connectivity index (χ3v) is 3.89. The number of furan rings is 1. The van der Waals surface area contributed by atoms with Gasteiger partial charge in [-0.1, -0.05) is 0 Å². The highest BCUT2D eigenvalue weighted by Gasteiger charge is 2.14. The summed E-state index contributed by atoms with van der Waals surface area (Å²) in [6.07, 6.45) is 0. The zero-order valence-electron chi connectivity index (χ0n) is 9.98. The lowest BCUT2D eigenvalue weighted by molar-refractivity contribution is 0.0660. The Kier molecular flexibility index (Phi) is 4.51. The summed E-state index contributed by atoms with van der Waals surface area (Å²) in [6.45, 7) is 1.91. The van der Waals surface area contributed by atoms with Gasteiger partial charge in [-0.05, 0) is 75.8 Å². The number of halogens is 2. The third kappa shape index (κ3) is 3.50. The number of carbonyl (C=O) groups is 1. The third-order valence-electron chi connectivity index (χ3n) is 2.57. The minimum Gasteiger partial charge on any atom is -0.475 e. The van der Waals surface area contributed by atoms with Crippen molar-refractivity contribution in [3.63, 3.8) is 0 Å². The SMILES string of the molecule is CC(Nc1ccc(I)cc1Br)c1ccc(C(=O)O)o1. The van der Waals surface area contributed by atoms with Crippen LogP contribution in [0.5, 0.6) is 0 Å². The first-order valence-electron chi connectivity index (χ1n) is 5.52. The molecule has 4 nitrogen and oxygen atoms in total. The van der Waals surface area contributed by atoms with E-state index >= 15 is 0 Å². The van der Waals surface area contributed by atoms with Crippen LogP contribution in [0.1, 0.15) is 29.3 Å². The van der Waals surface area contributed by atoms with Crippen LogP contribution >= 0.6 is 38.5 Å². The average molecular weight is 436 g/mol. The van der Waals surface area contributed by atoms with Gasteiger partial charge in [-0.2, -0.15) is 0 Å². The van der Waals surface area contributed by atoms with Crippen molar-refractivity contribution >= 4 is 50.2 Å². The highest BCUT2D eigenvalue weighted by atomic mass is 127.